The zero-order chi connectivity index (χ0) is 13.1. The lowest BCUT2D eigenvalue weighted by molar-refractivity contribution is -0.126. The molecule has 0 aliphatic carbocycles. The highest BCUT2D eigenvalue weighted by molar-refractivity contribution is 5.85. The predicted molar refractivity (Wildman–Crippen MR) is 81.1 cm³/mol. The summed E-state index contributed by atoms with van der Waals surface area (Å²) in [6, 6.07) is 0.165. The fraction of sp³-hybridized carbons (Fsp3) is 0.929. The highest BCUT2D eigenvalue weighted by atomic mass is 35.5. The first kappa shape index (κ1) is 20.0. The minimum absolute atomic E-state index is 0. The summed E-state index contributed by atoms with van der Waals surface area (Å²) >= 11 is 0. The Labute approximate surface area is 119 Å². The Kier molecular flexibility index (Phi) is 14.7. The van der Waals surface area contributed by atoms with E-state index in [1.54, 1.807) is 0 Å². The summed E-state index contributed by atoms with van der Waals surface area (Å²) in [4.78, 5) is 12.0. The number of nitrogens with two attached hydrogens (primary N) is 1. The van der Waals surface area contributed by atoms with Crippen molar-refractivity contribution < 1.29 is 4.79 Å². The first-order chi connectivity index (χ1) is 8.19. The van der Waals surface area contributed by atoms with Crippen LogP contribution in [0.3, 0.4) is 0 Å². The molecule has 0 rings (SSSR count). The molecule has 110 valence electrons. The maximum absolute atomic E-state index is 12.0. The highest BCUT2D eigenvalue weighted by Crippen LogP contribution is 2.13. The number of carbonyl (C=O) groups excluding carboxylic acids is 1. The van der Waals surface area contributed by atoms with E-state index >= 15 is 0 Å². The molecule has 3 N–H and O–H groups in total. The fourth-order valence-electron chi connectivity index (χ4n) is 1.99. The van der Waals surface area contributed by atoms with Crippen LogP contribution in [0.4, 0.5) is 0 Å². The van der Waals surface area contributed by atoms with Crippen LogP contribution in [0.5, 0.6) is 0 Å². The number of hydrogen-bond acceptors (Lipinski definition) is 2. The van der Waals surface area contributed by atoms with Crippen LogP contribution >= 0.6 is 12.4 Å². The molecule has 4 heteroatoms. The molecule has 18 heavy (non-hydrogen) atoms. The molecule has 0 aromatic heterocycles. The molecule has 0 heterocycles. The van der Waals surface area contributed by atoms with Crippen LogP contribution in [0.2, 0.25) is 0 Å². The molecule has 0 saturated heterocycles. The Bertz CT molecular complexity index is 200. The average molecular weight is 279 g/mol. The standard InChI is InChI=1S/C14H30N2O.ClH/c1-4-7-9-12(6-3)14(17)16-13(11-15)10-8-5-2;/h12-13H,4-11,15H2,1-3H3,(H,16,17);1H. The van der Waals surface area contributed by atoms with Gasteiger partial charge in [0.05, 0.1) is 0 Å². The van der Waals surface area contributed by atoms with Gasteiger partial charge in [-0.1, -0.05) is 46.5 Å². The maximum atomic E-state index is 12.0. The topological polar surface area (TPSA) is 55.1 Å². The molecule has 0 aliphatic heterocycles. The van der Waals surface area contributed by atoms with Crippen LogP contribution in [0.1, 0.15) is 65.7 Å². The average Bonchev–Trinajstić information content (AvgIpc) is 2.35. The highest BCUT2D eigenvalue weighted by Gasteiger charge is 2.18. The Morgan fingerprint density at radius 3 is 2.11 bits per heavy atom. The number of unbranched alkanes of at least 4 members (excludes halogenated alkanes) is 2. The van der Waals surface area contributed by atoms with Gasteiger partial charge in [0.1, 0.15) is 0 Å². The van der Waals surface area contributed by atoms with Crippen LogP contribution in [-0.2, 0) is 4.79 Å². The lowest BCUT2D eigenvalue weighted by Gasteiger charge is -2.20. The largest absolute Gasteiger partial charge is 0.352 e. The van der Waals surface area contributed by atoms with Gasteiger partial charge in [-0.15, -0.1) is 12.4 Å². The molecule has 2 atom stereocenters. The molecule has 3 nitrogen and oxygen atoms in total. The predicted octanol–water partition coefficient (Wildman–Crippen LogP) is 3.26. The van der Waals surface area contributed by atoms with E-state index in [-0.39, 0.29) is 30.3 Å². The van der Waals surface area contributed by atoms with Gasteiger partial charge in [0.15, 0.2) is 0 Å². The van der Waals surface area contributed by atoms with Crippen molar-refractivity contribution in [2.45, 2.75) is 71.8 Å². The zero-order valence-electron chi connectivity index (χ0n) is 12.2. The smallest absolute Gasteiger partial charge is 0.223 e. The molecule has 0 aliphatic rings. The second-order valence-electron chi connectivity index (χ2n) is 4.83. The van der Waals surface area contributed by atoms with E-state index in [0.717, 1.165) is 44.9 Å². The molecular formula is C14H31ClN2O. The van der Waals surface area contributed by atoms with Gasteiger partial charge >= 0.3 is 0 Å². The van der Waals surface area contributed by atoms with E-state index in [4.69, 9.17) is 5.73 Å². The van der Waals surface area contributed by atoms with Crippen molar-refractivity contribution in [1.29, 1.82) is 0 Å². The molecule has 0 aromatic carbocycles. The molecule has 2 unspecified atom stereocenters. The van der Waals surface area contributed by atoms with Gasteiger partial charge in [0.25, 0.3) is 0 Å². The minimum atomic E-state index is 0. The summed E-state index contributed by atoms with van der Waals surface area (Å²) in [5, 5.41) is 3.10. The Morgan fingerprint density at radius 2 is 1.67 bits per heavy atom. The van der Waals surface area contributed by atoms with Gasteiger partial charge in [0, 0.05) is 18.5 Å². The number of hydrogen-bond donors (Lipinski definition) is 2. The number of rotatable bonds is 10. The van der Waals surface area contributed by atoms with E-state index < -0.39 is 0 Å². The summed E-state index contributed by atoms with van der Waals surface area (Å²) in [6.45, 7) is 6.96. The van der Waals surface area contributed by atoms with Crippen molar-refractivity contribution in [2.75, 3.05) is 6.54 Å². The summed E-state index contributed by atoms with van der Waals surface area (Å²) in [6.07, 6.45) is 7.51. The molecule has 0 saturated carbocycles. The number of halogens is 1. The summed E-state index contributed by atoms with van der Waals surface area (Å²) in [5.74, 6) is 0.373. The lowest BCUT2D eigenvalue weighted by atomic mass is 9.97. The van der Waals surface area contributed by atoms with Crippen LogP contribution in [0, 0.1) is 5.92 Å². The second-order valence-corrected chi connectivity index (χ2v) is 4.83. The monoisotopic (exact) mass is 278 g/mol. The van der Waals surface area contributed by atoms with E-state index in [1.165, 1.54) is 0 Å². The Balaban J connectivity index is 0. The zero-order valence-corrected chi connectivity index (χ0v) is 13.0. The van der Waals surface area contributed by atoms with Crippen molar-refractivity contribution in [3.63, 3.8) is 0 Å². The van der Waals surface area contributed by atoms with Gasteiger partial charge in [-0.2, -0.15) is 0 Å². The first-order valence-corrected chi connectivity index (χ1v) is 7.19. The van der Waals surface area contributed by atoms with Crippen molar-refractivity contribution >= 4 is 18.3 Å². The SMILES string of the molecule is CCCCC(CN)NC(=O)C(CC)CCCC.Cl. The normalized spacial score (nSPS) is 13.6. The fourth-order valence-corrected chi connectivity index (χ4v) is 1.99. The summed E-state index contributed by atoms with van der Waals surface area (Å²) in [5.41, 5.74) is 5.69. The molecular weight excluding hydrogens is 248 g/mol. The molecule has 0 aromatic rings. The van der Waals surface area contributed by atoms with E-state index in [0.29, 0.717) is 6.54 Å². The van der Waals surface area contributed by atoms with E-state index in [2.05, 4.69) is 26.1 Å². The van der Waals surface area contributed by atoms with E-state index in [9.17, 15) is 4.79 Å². The van der Waals surface area contributed by atoms with Crippen molar-refractivity contribution in [1.82, 2.24) is 5.32 Å². The molecule has 0 fully saturated rings. The Hall–Kier alpha value is -0.280. The summed E-state index contributed by atoms with van der Waals surface area (Å²) in [7, 11) is 0. The van der Waals surface area contributed by atoms with Crippen molar-refractivity contribution in [2.24, 2.45) is 11.7 Å². The Morgan fingerprint density at radius 1 is 1.11 bits per heavy atom. The number of carbonyl (C=O) groups is 1. The van der Waals surface area contributed by atoms with Crippen molar-refractivity contribution in [3.05, 3.63) is 0 Å². The summed E-state index contributed by atoms with van der Waals surface area (Å²) < 4.78 is 0. The third kappa shape index (κ3) is 8.76. The van der Waals surface area contributed by atoms with Crippen molar-refractivity contribution in [3.8, 4) is 0 Å². The molecule has 0 bridgehead atoms. The quantitative estimate of drug-likeness (QED) is 0.644. The third-order valence-electron chi connectivity index (χ3n) is 3.31. The minimum Gasteiger partial charge on any atom is -0.352 e. The van der Waals surface area contributed by atoms with Gasteiger partial charge in [-0.25, -0.2) is 0 Å². The second kappa shape index (κ2) is 13.2. The van der Waals surface area contributed by atoms with Crippen LogP contribution in [0.25, 0.3) is 0 Å². The van der Waals surface area contributed by atoms with Crippen LogP contribution in [0.15, 0.2) is 0 Å². The first-order valence-electron chi connectivity index (χ1n) is 7.19. The van der Waals surface area contributed by atoms with Gasteiger partial charge in [-0.3, -0.25) is 4.79 Å². The van der Waals surface area contributed by atoms with E-state index in [1.807, 2.05) is 0 Å². The van der Waals surface area contributed by atoms with Gasteiger partial charge in [0.2, 0.25) is 5.91 Å². The molecule has 1 amide bonds. The molecule has 0 radical (unpaired) electrons. The number of nitrogens with one attached hydrogen (secondary N) is 1. The number of amides is 1. The van der Waals surface area contributed by atoms with Crippen LogP contribution < -0.4 is 11.1 Å². The van der Waals surface area contributed by atoms with Gasteiger partial charge < -0.3 is 11.1 Å². The van der Waals surface area contributed by atoms with Crippen LogP contribution in [-0.4, -0.2) is 18.5 Å². The maximum Gasteiger partial charge on any atom is 0.223 e. The van der Waals surface area contributed by atoms with Gasteiger partial charge in [-0.05, 0) is 19.3 Å². The third-order valence-corrected chi connectivity index (χ3v) is 3.31. The lowest BCUT2D eigenvalue weighted by Crippen LogP contribution is -2.43. The molecule has 0 spiro atoms.